The molecule has 0 aromatic carbocycles. The van der Waals surface area contributed by atoms with Gasteiger partial charge in [-0.2, -0.15) is 10.2 Å². The first-order valence-electron chi connectivity index (χ1n) is 6.68. The van der Waals surface area contributed by atoms with Crippen LogP contribution in [0.4, 0.5) is 5.69 Å². The summed E-state index contributed by atoms with van der Waals surface area (Å²) in [7, 11) is 1.89. The Morgan fingerprint density at radius 1 is 1.48 bits per heavy atom. The third kappa shape index (κ3) is 3.51. The molecule has 0 bridgehead atoms. The predicted molar refractivity (Wildman–Crippen MR) is 83.2 cm³/mol. The van der Waals surface area contributed by atoms with E-state index < -0.39 is 0 Å². The Morgan fingerprint density at radius 2 is 2.24 bits per heavy atom. The molecule has 7 nitrogen and oxygen atoms in total. The van der Waals surface area contributed by atoms with E-state index in [9.17, 15) is 4.79 Å². The van der Waals surface area contributed by atoms with Crippen LogP contribution in [0.5, 0.6) is 0 Å². The molecule has 114 valence electrons. The molecule has 2 aromatic rings. The van der Waals surface area contributed by atoms with E-state index in [1.807, 2.05) is 13.2 Å². The summed E-state index contributed by atoms with van der Waals surface area (Å²) in [6.45, 7) is 2.68. The second kappa shape index (κ2) is 6.86. The van der Waals surface area contributed by atoms with Crippen molar-refractivity contribution in [1.82, 2.24) is 19.6 Å². The normalized spacial score (nSPS) is 10.9. The third-order valence-corrected chi connectivity index (χ3v) is 3.86. The van der Waals surface area contributed by atoms with E-state index in [4.69, 9.17) is 5.11 Å². The van der Waals surface area contributed by atoms with Crippen LogP contribution in [0.15, 0.2) is 21.7 Å². The molecule has 21 heavy (non-hydrogen) atoms. The van der Waals surface area contributed by atoms with Crippen LogP contribution in [0.1, 0.15) is 18.2 Å². The molecule has 0 amide bonds. The Balaban J connectivity index is 2.17. The first-order valence-corrected chi connectivity index (χ1v) is 7.47. The first-order chi connectivity index (χ1) is 10.1. The van der Waals surface area contributed by atoms with Crippen LogP contribution in [-0.4, -0.2) is 31.3 Å². The SMILES string of the molecule is CCc1nn(C)cc1CNc1cnn(CCO)c(=O)c1Br. The number of aliphatic hydroxyl groups is 1. The maximum atomic E-state index is 12.0. The zero-order valence-corrected chi connectivity index (χ0v) is 13.6. The maximum Gasteiger partial charge on any atom is 0.283 e. The number of hydrogen-bond acceptors (Lipinski definition) is 5. The Hall–Kier alpha value is -1.67. The van der Waals surface area contributed by atoms with Gasteiger partial charge in [0, 0.05) is 25.4 Å². The fraction of sp³-hybridized carbons (Fsp3) is 0.462. The molecule has 0 spiro atoms. The molecule has 0 unspecified atom stereocenters. The largest absolute Gasteiger partial charge is 0.394 e. The number of nitrogens with one attached hydrogen (secondary N) is 1. The van der Waals surface area contributed by atoms with Gasteiger partial charge in [-0.05, 0) is 22.4 Å². The number of aryl methyl sites for hydroxylation is 2. The maximum absolute atomic E-state index is 12.0. The lowest BCUT2D eigenvalue weighted by Crippen LogP contribution is -2.25. The zero-order chi connectivity index (χ0) is 15.4. The van der Waals surface area contributed by atoms with Crippen molar-refractivity contribution in [2.24, 2.45) is 7.05 Å². The number of aliphatic hydroxyl groups excluding tert-OH is 1. The average molecular weight is 356 g/mol. The van der Waals surface area contributed by atoms with Crippen molar-refractivity contribution in [3.05, 3.63) is 38.5 Å². The van der Waals surface area contributed by atoms with Crippen LogP contribution in [-0.2, 0) is 26.6 Å². The molecule has 0 saturated carbocycles. The third-order valence-electron chi connectivity index (χ3n) is 3.09. The molecule has 8 heteroatoms. The van der Waals surface area contributed by atoms with E-state index in [1.54, 1.807) is 10.9 Å². The van der Waals surface area contributed by atoms with E-state index in [0.717, 1.165) is 17.7 Å². The van der Waals surface area contributed by atoms with Crippen molar-refractivity contribution in [3.63, 3.8) is 0 Å². The van der Waals surface area contributed by atoms with Crippen molar-refractivity contribution in [3.8, 4) is 0 Å². The minimum Gasteiger partial charge on any atom is -0.394 e. The Bertz CT molecular complexity index is 680. The van der Waals surface area contributed by atoms with Crippen LogP contribution in [0.25, 0.3) is 0 Å². The van der Waals surface area contributed by atoms with Gasteiger partial charge in [0.15, 0.2) is 0 Å². The van der Waals surface area contributed by atoms with E-state index in [0.29, 0.717) is 16.7 Å². The highest BCUT2D eigenvalue weighted by atomic mass is 79.9. The summed E-state index contributed by atoms with van der Waals surface area (Å²) in [6, 6.07) is 0. The molecule has 0 saturated heterocycles. The first kappa shape index (κ1) is 15.7. The highest BCUT2D eigenvalue weighted by Gasteiger charge is 2.10. The standard InChI is InChI=1S/C13H18BrN5O2/c1-3-10-9(8-18(2)17-10)6-15-11-7-16-19(4-5-20)13(21)12(11)14/h7-8,15,20H,3-6H2,1-2H3. The van der Waals surface area contributed by atoms with Gasteiger partial charge < -0.3 is 10.4 Å². The highest BCUT2D eigenvalue weighted by Crippen LogP contribution is 2.18. The van der Waals surface area contributed by atoms with Crippen LogP contribution in [0, 0.1) is 0 Å². The number of hydrogen-bond donors (Lipinski definition) is 2. The van der Waals surface area contributed by atoms with E-state index >= 15 is 0 Å². The van der Waals surface area contributed by atoms with E-state index in [-0.39, 0.29) is 18.7 Å². The van der Waals surface area contributed by atoms with Crippen molar-refractivity contribution < 1.29 is 5.11 Å². The molecule has 0 atom stereocenters. The summed E-state index contributed by atoms with van der Waals surface area (Å²) < 4.78 is 3.41. The molecule has 2 aromatic heterocycles. The van der Waals surface area contributed by atoms with Crippen LogP contribution in [0.2, 0.25) is 0 Å². The summed E-state index contributed by atoms with van der Waals surface area (Å²) in [5.41, 5.74) is 2.48. The Kier molecular flexibility index (Phi) is 5.13. The molecule has 0 aliphatic rings. The molecule has 2 rings (SSSR count). The predicted octanol–water partition coefficient (Wildman–Crippen LogP) is 0.906. The number of halogens is 1. The van der Waals surface area contributed by atoms with Gasteiger partial charge in [0.1, 0.15) is 4.47 Å². The van der Waals surface area contributed by atoms with Gasteiger partial charge in [0.2, 0.25) is 0 Å². The summed E-state index contributed by atoms with van der Waals surface area (Å²) in [4.78, 5) is 12.0. The van der Waals surface area contributed by atoms with Gasteiger partial charge in [0.05, 0.1) is 30.7 Å². The molecule has 0 radical (unpaired) electrons. The zero-order valence-electron chi connectivity index (χ0n) is 12.0. The minimum absolute atomic E-state index is 0.123. The van der Waals surface area contributed by atoms with E-state index in [2.05, 4.69) is 38.4 Å². The second-order valence-electron chi connectivity index (χ2n) is 4.61. The summed E-state index contributed by atoms with van der Waals surface area (Å²) in [6.07, 6.45) is 4.39. The fourth-order valence-corrected chi connectivity index (χ4v) is 2.51. The van der Waals surface area contributed by atoms with Crippen LogP contribution >= 0.6 is 15.9 Å². The number of nitrogens with zero attached hydrogens (tertiary/aromatic N) is 4. The average Bonchev–Trinajstić information content (AvgIpc) is 2.83. The van der Waals surface area contributed by atoms with Crippen LogP contribution in [0.3, 0.4) is 0 Å². The van der Waals surface area contributed by atoms with Gasteiger partial charge in [-0.1, -0.05) is 6.92 Å². The van der Waals surface area contributed by atoms with Gasteiger partial charge in [-0.25, -0.2) is 4.68 Å². The lowest BCUT2D eigenvalue weighted by Gasteiger charge is -2.09. The van der Waals surface area contributed by atoms with Crippen molar-refractivity contribution in [2.45, 2.75) is 26.4 Å². The summed E-state index contributed by atoms with van der Waals surface area (Å²) in [5, 5.41) is 20.5. The summed E-state index contributed by atoms with van der Waals surface area (Å²) in [5.74, 6) is 0. The molecule has 0 aliphatic heterocycles. The van der Waals surface area contributed by atoms with E-state index in [1.165, 1.54) is 4.68 Å². The molecular formula is C13H18BrN5O2. The van der Waals surface area contributed by atoms with Gasteiger partial charge in [-0.15, -0.1) is 0 Å². The minimum atomic E-state index is -0.268. The topological polar surface area (TPSA) is 85.0 Å². The number of aromatic nitrogens is 4. The van der Waals surface area contributed by atoms with Gasteiger partial charge >= 0.3 is 0 Å². The smallest absolute Gasteiger partial charge is 0.283 e. The highest BCUT2D eigenvalue weighted by molar-refractivity contribution is 9.10. The molecule has 0 aliphatic carbocycles. The fourth-order valence-electron chi connectivity index (χ4n) is 2.06. The van der Waals surface area contributed by atoms with Gasteiger partial charge in [-0.3, -0.25) is 9.48 Å². The van der Waals surface area contributed by atoms with Crippen molar-refractivity contribution in [1.29, 1.82) is 0 Å². The molecular weight excluding hydrogens is 338 g/mol. The van der Waals surface area contributed by atoms with Crippen LogP contribution < -0.4 is 10.9 Å². The number of rotatable bonds is 6. The molecule has 0 fully saturated rings. The second-order valence-corrected chi connectivity index (χ2v) is 5.40. The molecule has 2 heterocycles. The monoisotopic (exact) mass is 355 g/mol. The van der Waals surface area contributed by atoms with Gasteiger partial charge in [0.25, 0.3) is 5.56 Å². The quantitative estimate of drug-likeness (QED) is 0.804. The lowest BCUT2D eigenvalue weighted by atomic mass is 10.2. The lowest BCUT2D eigenvalue weighted by molar-refractivity contribution is 0.266. The molecule has 2 N–H and O–H groups in total. The van der Waals surface area contributed by atoms with Crippen molar-refractivity contribution >= 4 is 21.6 Å². The summed E-state index contributed by atoms with van der Waals surface area (Å²) >= 11 is 3.28. The Morgan fingerprint density at radius 3 is 2.90 bits per heavy atom. The Labute approximate surface area is 130 Å². The number of anilines is 1. The van der Waals surface area contributed by atoms with Crippen molar-refractivity contribution in [2.75, 3.05) is 11.9 Å².